The number of rotatable bonds is 5. The second-order valence-electron chi connectivity index (χ2n) is 7.56. The Morgan fingerprint density at radius 2 is 1.79 bits per heavy atom. The second kappa shape index (κ2) is 8.80. The van der Waals surface area contributed by atoms with Crippen molar-refractivity contribution in [3.8, 4) is 0 Å². The van der Waals surface area contributed by atoms with Crippen molar-refractivity contribution in [3.05, 3.63) is 70.9 Å². The molecule has 0 spiro atoms. The van der Waals surface area contributed by atoms with Crippen LogP contribution in [0.4, 0.5) is 0 Å². The van der Waals surface area contributed by atoms with Gasteiger partial charge in [-0.2, -0.15) is 0 Å². The number of piperidine rings is 1. The van der Waals surface area contributed by atoms with Crippen LogP contribution >= 0.6 is 12.4 Å². The normalized spacial score (nSPS) is 14.8. The van der Waals surface area contributed by atoms with Crippen LogP contribution in [0.2, 0.25) is 0 Å². The first-order chi connectivity index (χ1) is 13.1. The summed E-state index contributed by atoms with van der Waals surface area (Å²) in [7, 11) is 0. The van der Waals surface area contributed by atoms with Crippen LogP contribution in [0.3, 0.4) is 0 Å². The summed E-state index contributed by atoms with van der Waals surface area (Å²) < 4.78 is 2.49. The maximum absolute atomic E-state index is 11.1. The highest BCUT2D eigenvalue weighted by atomic mass is 35.5. The van der Waals surface area contributed by atoms with Gasteiger partial charge in [0, 0.05) is 23.1 Å². The first kappa shape index (κ1) is 20.4. The van der Waals surface area contributed by atoms with Crippen LogP contribution in [0.15, 0.2) is 48.5 Å². The van der Waals surface area contributed by atoms with E-state index in [1.807, 2.05) is 12.1 Å². The smallest absolute Gasteiger partial charge is 0.335 e. The molecule has 148 valence electrons. The molecular weight excluding hydrogens is 372 g/mol. The molecule has 1 fully saturated rings. The van der Waals surface area contributed by atoms with Crippen molar-refractivity contribution in [2.45, 2.75) is 32.7 Å². The molecule has 3 aromatic rings. The van der Waals surface area contributed by atoms with E-state index in [1.54, 1.807) is 12.1 Å². The van der Waals surface area contributed by atoms with Crippen LogP contribution in [0, 0.1) is 12.8 Å². The zero-order valence-corrected chi connectivity index (χ0v) is 17.0. The number of carboxylic acids is 1. The average molecular weight is 399 g/mol. The van der Waals surface area contributed by atoms with E-state index in [4.69, 9.17) is 5.11 Å². The Bertz CT molecular complexity index is 957. The van der Waals surface area contributed by atoms with E-state index in [2.05, 4.69) is 41.1 Å². The molecule has 1 aliphatic heterocycles. The highest BCUT2D eigenvalue weighted by molar-refractivity contribution is 5.88. The minimum atomic E-state index is -0.878. The zero-order valence-electron chi connectivity index (χ0n) is 16.1. The Labute approximate surface area is 172 Å². The molecule has 0 atom stereocenters. The summed E-state index contributed by atoms with van der Waals surface area (Å²) in [5, 5.41) is 13.9. The highest BCUT2D eigenvalue weighted by Crippen LogP contribution is 2.30. The van der Waals surface area contributed by atoms with Crippen molar-refractivity contribution in [2.24, 2.45) is 5.92 Å². The van der Waals surface area contributed by atoms with Crippen LogP contribution in [-0.4, -0.2) is 28.7 Å². The number of hydrogen-bond acceptors (Lipinski definition) is 2. The number of carbonyl (C=O) groups is 1. The van der Waals surface area contributed by atoms with Gasteiger partial charge in [-0.25, -0.2) is 4.79 Å². The molecule has 0 bridgehead atoms. The molecule has 0 amide bonds. The molecule has 4 nitrogen and oxygen atoms in total. The van der Waals surface area contributed by atoms with E-state index in [9.17, 15) is 4.79 Å². The summed E-state index contributed by atoms with van der Waals surface area (Å²) in [4.78, 5) is 11.1. The molecular formula is C23H27ClN2O2. The Morgan fingerprint density at radius 1 is 1.11 bits per heavy atom. The van der Waals surface area contributed by atoms with Gasteiger partial charge in [0.15, 0.2) is 0 Å². The Hall–Kier alpha value is -2.30. The summed E-state index contributed by atoms with van der Waals surface area (Å²) in [6.45, 7) is 5.53. The van der Waals surface area contributed by atoms with Crippen LogP contribution in [0.1, 0.15) is 40.0 Å². The number of carboxylic acid groups (broad SMARTS) is 1. The van der Waals surface area contributed by atoms with E-state index < -0.39 is 5.97 Å². The first-order valence-electron chi connectivity index (χ1n) is 9.73. The quantitative estimate of drug-likeness (QED) is 0.657. The van der Waals surface area contributed by atoms with Crippen molar-refractivity contribution in [1.82, 2.24) is 9.88 Å². The summed E-state index contributed by atoms with van der Waals surface area (Å²) in [5.41, 5.74) is 5.47. The standard InChI is InChI=1S/C23H26N2O2.ClH/c1-16-21(14-17-6-8-19(9-7-17)23(26)27)20-4-2-3-5-22(20)25(16)15-18-10-12-24-13-11-18;/h2-9,18,24H,10-15H2,1H3,(H,26,27);1H. The van der Waals surface area contributed by atoms with Gasteiger partial charge in [-0.15, -0.1) is 12.4 Å². The molecule has 0 unspecified atom stereocenters. The lowest BCUT2D eigenvalue weighted by atomic mass is 9.98. The monoisotopic (exact) mass is 398 g/mol. The lowest BCUT2D eigenvalue weighted by molar-refractivity contribution is 0.0697. The molecule has 28 heavy (non-hydrogen) atoms. The van der Waals surface area contributed by atoms with E-state index in [0.29, 0.717) is 5.56 Å². The molecule has 5 heteroatoms. The molecule has 1 aliphatic rings. The van der Waals surface area contributed by atoms with Crippen molar-refractivity contribution in [1.29, 1.82) is 0 Å². The highest BCUT2D eigenvalue weighted by Gasteiger charge is 2.19. The lowest BCUT2D eigenvalue weighted by Gasteiger charge is -2.24. The van der Waals surface area contributed by atoms with Gasteiger partial charge in [-0.1, -0.05) is 30.3 Å². The minimum absolute atomic E-state index is 0. The first-order valence-corrected chi connectivity index (χ1v) is 9.73. The van der Waals surface area contributed by atoms with Gasteiger partial charge in [0.1, 0.15) is 0 Å². The van der Waals surface area contributed by atoms with Crippen LogP contribution < -0.4 is 5.32 Å². The molecule has 2 heterocycles. The molecule has 0 radical (unpaired) electrons. The van der Waals surface area contributed by atoms with Crippen molar-refractivity contribution < 1.29 is 9.90 Å². The fraction of sp³-hybridized carbons (Fsp3) is 0.348. The lowest BCUT2D eigenvalue weighted by Crippen LogP contribution is -2.30. The Morgan fingerprint density at radius 3 is 2.46 bits per heavy atom. The van der Waals surface area contributed by atoms with Crippen molar-refractivity contribution in [3.63, 3.8) is 0 Å². The third-order valence-electron chi connectivity index (χ3n) is 5.84. The number of aromatic carboxylic acids is 1. The van der Waals surface area contributed by atoms with E-state index in [-0.39, 0.29) is 12.4 Å². The molecule has 4 rings (SSSR count). The SMILES string of the molecule is Cc1c(Cc2ccc(C(=O)O)cc2)c2ccccc2n1CC1CCNCC1.Cl. The number of nitrogens with one attached hydrogen (secondary N) is 1. The average Bonchev–Trinajstić information content (AvgIpc) is 2.95. The van der Waals surface area contributed by atoms with Crippen molar-refractivity contribution >= 4 is 29.3 Å². The number of fused-ring (bicyclic) bond motifs is 1. The van der Waals surface area contributed by atoms with E-state index in [1.165, 1.54) is 35.0 Å². The number of hydrogen-bond donors (Lipinski definition) is 2. The fourth-order valence-electron chi connectivity index (χ4n) is 4.25. The number of benzene rings is 2. The molecule has 0 aliphatic carbocycles. The molecule has 2 aromatic carbocycles. The van der Waals surface area contributed by atoms with Gasteiger partial charge < -0.3 is 15.0 Å². The van der Waals surface area contributed by atoms with Gasteiger partial charge in [-0.3, -0.25) is 0 Å². The summed E-state index contributed by atoms with van der Waals surface area (Å²) in [6, 6.07) is 15.9. The minimum Gasteiger partial charge on any atom is -0.478 e. The van der Waals surface area contributed by atoms with E-state index in [0.717, 1.165) is 37.5 Å². The predicted molar refractivity (Wildman–Crippen MR) is 116 cm³/mol. The van der Waals surface area contributed by atoms with Gasteiger partial charge in [-0.05, 0) is 74.5 Å². The molecule has 0 saturated carbocycles. The van der Waals surface area contributed by atoms with Crippen LogP contribution in [0.5, 0.6) is 0 Å². The largest absolute Gasteiger partial charge is 0.478 e. The zero-order chi connectivity index (χ0) is 18.8. The summed E-state index contributed by atoms with van der Waals surface area (Å²) in [5.74, 6) is -0.153. The van der Waals surface area contributed by atoms with Crippen LogP contribution in [-0.2, 0) is 13.0 Å². The second-order valence-corrected chi connectivity index (χ2v) is 7.56. The predicted octanol–water partition coefficient (Wildman–Crippen LogP) is 4.66. The maximum Gasteiger partial charge on any atom is 0.335 e. The number of para-hydroxylation sites is 1. The fourth-order valence-corrected chi connectivity index (χ4v) is 4.25. The maximum atomic E-state index is 11.1. The third-order valence-corrected chi connectivity index (χ3v) is 5.84. The number of nitrogens with zero attached hydrogens (tertiary/aromatic N) is 1. The van der Waals surface area contributed by atoms with Gasteiger partial charge in [0.25, 0.3) is 0 Å². The molecule has 1 aromatic heterocycles. The topological polar surface area (TPSA) is 54.3 Å². The van der Waals surface area contributed by atoms with Crippen molar-refractivity contribution in [2.75, 3.05) is 13.1 Å². The Kier molecular flexibility index (Phi) is 6.42. The van der Waals surface area contributed by atoms with Gasteiger partial charge >= 0.3 is 5.97 Å². The summed E-state index contributed by atoms with van der Waals surface area (Å²) >= 11 is 0. The van der Waals surface area contributed by atoms with Gasteiger partial charge in [0.05, 0.1) is 5.56 Å². The van der Waals surface area contributed by atoms with E-state index >= 15 is 0 Å². The summed E-state index contributed by atoms with van der Waals surface area (Å²) in [6.07, 6.45) is 3.29. The third kappa shape index (κ3) is 4.08. The van der Waals surface area contributed by atoms with Crippen LogP contribution in [0.25, 0.3) is 10.9 Å². The Balaban J connectivity index is 0.00000225. The number of aromatic nitrogens is 1. The number of halogens is 1. The molecule has 2 N–H and O–H groups in total. The molecule has 1 saturated heterocycles. The van der Waals surface area contributed by atoms with Gasteiger partial charge in [0.2, 0.25) is 0 Å².